The van der Waals surface area contributed by atoms with Crippen LogP contribution < -0.4 is 5.73 Å². The van der Waals surface area contributed by atoms with Crippen molar-refractivity contribution in [2.24, 2.45) is 5.73 Å². The molecular weight excluding hydrogens is 214 g/mol. The maximum Gasteiger partial charge on any atom is 0.320 e. The molecule has 82 valence electrons. The molecule has 0 bridgehead atoms. The number of benzene rings is 1. The lowest BCUT2D eigenvalue weighted by Gasteiger charge is -2.08. The van der Waals surface area contributed by atoms with Crippen molar-refractivity contribution >= 4 is 17.6 Å². The van der Waals surface area contributed by atoms with E-state index in [0.29, 0.717) is 5.02 Å². The molecule has 15 heavy (non-hydrogen) atoms. The van der Waals surface area contributed by atoms with Crippen LogP contribution in [0.1, 0.15) is 18.1 Å². The van der Waals surface area contributed by atoms with Gasteiger partial charge in [0.1, 0.15) is 6.61 Å². The zero-order valence-electron chi connectivity index (χ0n) is 8.63. The highest BCUT2D eigenvalue weighted by Crippen LogP contribution is 2.17. The fraction of sp³-hybridized carbons (Fsp3) is 0.364. The van der Waals surface area contributed by atoms with Gasteiger partial charge in [-0.2, -0.15) is 0 Å². The lowest BCUT2D eigenvalue weighted by molar-refractivity contribution is -0.143. The minimum Gasteiger partial charge on any atom is -0.460 e. The number of carbonyl (C=O) groups excluding carboxylic acids is 1. The van der Waals surface area contributed by atoms with Gasteiger partial charge in [0, 0.05) is 5.02 Å². The van der Waals surface area contributed by atoms with Crippen LogP contribution in [0.4, 0.5) is 0 Å². The maximum atomic E-state index is 10.9. The Morgan fingerprint density at radius 1 is 1.47 bits per heavy atom. The fourth-order valence-corrected chi connectivity index (χ4v) is 1.48. The molecule has 2 N–H and O–H groups in total. The summed E-state index contributed by atoms with van der Waals surface area (Å²) in [6.45, 7) is 2.20. The van der Waals surface area contributed by atoms with Crippen molar-refractivity contribution in [3.05, 3.63) is 34.3 Å². The van der Waals surface area contributed by atoms with Crippen LogP contribution in [0, 0.1) is 0 Å². The number of halogens is 1. The van der Waals surface area contributed by atoms with Crippen molar-refractivity contribution < 1.29 is 9.53 Å². The van der Waals surface area contributed by atoms with Gasteiger partial charge in [-0.15, -0.1) is 0 Å². The summed E-state index contributed by atoms with van der Waals surface area (Å²) >= 11 is 5.86. The molecule has 0 saturated carbocycles. The van der Waals surface area contributed by atoms with E-state index in [1.165, 1.54) is 0 Å². The summed E-state index contributed by atoms with van der Waals surface area (Å²) in [5.74, 6) is -0.396. The second-order valence-corrected chi connectivity index (χ2v) is 3.57. The van der Waals surface area contributed by atoms with Crippen LogP contribution >= 0.6 is 11.6 Å². The third-order valence-electron chi connectivity index (χ3n) is 2.10. The van der Waals surface area contributed by atoms with Crippen LogP contribution in [-0.2, 0) is 22.6 Å². The average Bonchev–Trinajstić information content (AvgIpc) is 2.26. The smallest absolute Gasteiger partial charge is 0.320 e. The minimum atomic E-state index is -0.396. The molecule has 1 rings (SSSR count). The Kier molecular flexibility index (Phi) is 4.59. The van der Waals surface area contributed by atoms with Crippen LogP contribution in [-0.4, -0.2) is 12.5 Å². The van der Waals surface area contributed by atoms with Crippen molar-refractivity contribution in [1.29, 1.82) is 0 Å². The predicted molar refractivity (Wildman–Crippen MR) is 59.7 cm³/mol. The van der Waals surface area contributed by atoms with Crippen molar-refractivity contribution in [3.63, 3.8) is 0 Å². The zero-order valence-corrected chi connectivity index (χ0v) is 9.38. The van der Waals surface area contributed by atoms with Gasteiger partial charge in [0.25, 0.3) is 0 Å². The Balaban J connectivity index is 2.72. The molecule has 3 nitrogen and oxygen atoms in total. The summed E-state index contributed by atoms with van der Waals surface area (Å²) in [7, 11) is 0. The standard InChI is InChI=1S/C11H14ClNO2/c1-2-8-5-10(12)4-3-9(8)7-15-11(14)6-13/h3-5H,2,6-7,13H2,1H3. The molecule has 4 heteroatoms. The number of hydrogen-bond donors (Lipinski definition) is 1. The maximum absolute atomic E-state index is 10.9. The Bertz CT molecular complexity index is 352. The molecule has 0 aliphatic heterocycles. The highest BCUT2D eigenvalue weighted by atomic mass is 35.5. The first-order chi connectivity index (χ1) is 7.17. The molecule has 0 atom stereocenters. The molecule has 0 radical (unpaired) electrons. The fourth-order valence-electron chi connectivity index (χ4n) is 1.28. The summed E-state index contributed by atoms with van der Waals surface area (Å²) < 4.78 is 4.95. The number of aryl methyl sites for hydroxylation is 1. The third-order valence-corrected chi connectivity index (χ3v) is 2.34. The molecule has 1 aromatic carbocycles. The Labute approximate surface area is 94.2 Å². The van der Waals surface area contributed by atoms with E-state index in [4.69, 9.17) is 22.1 Å². The SMILES string of the molecule is CCc1cc(Cl)ccc1COC(=O)CN. The second kappa shape index (κ2) is 5.73. The quantitative estimate of drug-likeness (QED) is 0.800. The van der Waals surface area contributed by atoms with E-state index < -0.39 is 5.97 Å². The molecule has 0 spiro atoms. The molecule has 0 saturated heterocycles. The van der Waals surface area contributed by atoms with Crippen LogP contribution in [0.2, 0.25) is 5.02 Å². The van der Waals surface area contributed by atoms with Crippen molar-refractivity contribution in [3.8, 4) is 0 Å². The van der Waals surface area contributed by atoms with Crippen molar-refractivity contribution in [2.75, 3.05) is 6.54 Å². The molecule has 0 aliphatic carbocycles. The van der Waals surface area contributed by atoms with E-state index in [1.807, 2.05) is 19.1 Å². The Morgan fingerprint density at radius 3 is 2.80 bits per heavy atom. The molecule has 0 heterocycles. The van der Waals surface area contributed by atoms with Gasteiger partial charge in [-0.05, 0) is 29.7 Å². The molecule has 1 aromatic rings. The van der Waals surface area contributed by atoms with Gasteiger partial charge in [-0.1, -0.05) is 24.6 Å². The van der Waals surface area contributed by atoms with E-state index in [9.17, 15) is 4.79 Å². The van der Waals surface area contributed by atoms with Gasteiger partial charge in [0.05, 0.1) is 6.54 Å². The van der Waals surface area contributed by atoms with Gasteiger partial charge < -0.3 is 10.5 Å². The molecule has 0 aliphatic rings. The summed E-state index contributed by atoms with van der Waals surface area (Å²) in [5.41, 5.74) is 7.20. The predicted octanol–water partition coefficient (Wildman–Crippen LogP) is 1.90. The first kappa shape index (κ1) is 12.0. The Hall–Kier alpha value is -1.06. The molecule has 0 fully saturated rings. The molecular formula is C11H14ClNO2. The minimum absolute atomic E-state index is 0.0882. The number of ether oxygens (including phenoxy) is 1. The monoisotopic (exact) mass is 227 g/mol. The number of nitrogens with two attached hydrogens (primary N) is 1. The van der Waals surface area contributed by atoms with Crippen LogP contribution in [0.3, 0.4) is 0 Å². The summed E-state index contributed by atoms with van der Waals surface area (Å²) in [4.78, 5) is 10.9. The van der Waals surface area contributed by atoms with Crippen LogP contribution in [0.5, 0.6) is 0 Å². The van der Waals surface area contributed by atoms with E-state index in [1.54, 1.807) is 6.07 Å². The topological polar surface area (TPSA) is 52.3 Å². The van der Waals surface area contributed by atoms with E-state index >= 15 is 0 Å². The molecule has 0 unspecified atom stereocenters. The van der Waals surface area contributed by atoms with Crippen molar-refractivity contribution in [1.82, 2.24) is 0 Å². The van der Waals surface area contributed by atoms with Gasteiger partial charge in [-0.3, -0.25) is 4.79 Å². The third kappa shape index (κ3) is 3.53. The van der Waals surface area contributed by atoms with Gasteiger partial charge >= 0.3 is 5.97 Å². The lowest BCUT2D eigenvalue weighted by Crippen LogP contribution is -2.16. The summed E-state index contributed by atoms with van der Waals surface area (Å²) in [6.07, 6.45) is 0.857. The molecule has 0 aromatic heterocycles. The number of carbonyl (C=O) groups is 1. The van der Waals surface area contributed by atoms with Crippen LogP contribution in [0.25, 0.3) is 0 Å². The van der Waals surface area contributed by atoms with E-state index in [-0.39, 0.29) is 13.2 Å². The Morgan fingerprint density at radius 2 is 2.20 bits per heavy atom. The van der Waals surface area contributed by atoms with Gasteiger partial charge in [-0.25, -0.2) is 0 Å². The van der Waals surface area contributed by atoms with Gasteiger partial charge in [0.15, 0.2) is 0 Å². The molecule has 0 amide bonds. The highest BCUT2D eigenvalue weighted by molar-refractivity contribution is 6.30. The number of hydrogen-bond acceptors (Lipinski definition) is 3. The van der Waals surface area contributed by atoms with Gasteiger partial charge in [0.2, 0.25) is 0 Å². The van der Waals surface area contributed by atoms with E-state index in [2.05, 4.69) is 0 Å². The second-order valence-electron chi connectivity index (χ2n) is 3.13. The largest absolute Gasteiger partial charge is 0.460 e. The average molecular weight is 228 g/mol. The van der Waals surface area contributed by atoms with E-state index in [0.717, 1.165) is 17.5 Å². The van der Waals surface area contributed by atoms with Crippen LogP contribution in [0.15, 0.2) is 18.2 Å². The van der Waals surface area contributed by atoms with Crippen molar-refractivity contribution in [2.45, 2.75) is 20.0 Å². The summed E-state index contributed by atoms with van der Waals surface area (Å²) in [5, 5.41) is 0.695. The zero-order chi connectivity index (χ0) is 11.3. The normalized spacial score (nSPS) is 10.1. The lowest BCUT2D eigenvalue weighted by atomic mass is 10.1. The number of esters is 1. The number of rotatable bonds is 4. The highest BCUT2D eigenvalue weighted by Gasteiger charge is 2.04. The first-order valence-electron chi connectivity index (χ1n) is 4.80. The first-order valence-corrected chi connectivity index (χ1v) is 5.18. The summed E-state index contributed by atoms with van der Waals surface area (Å²) in [6, 6.07) is 5.53.